The average Bonchev–Trinajstić information content (AvgIpc) is 2.67. The molecule has 2 heterocycles. The number of benzene rings is 1. The van der Waals surface area contributed by atoms with E-state index in [1.165, 1.54) is 19.2 Å². The number of allylic oxidation sites excluding steroid dienone is 2. The van der Waals surface area contributed by atoms with Gasteiger partial charge >= 0.3 is 6.18 Å². The molecule has 1 aliphatic rings. The van der Waals surface area contributed by atoms with Gasteiger partial charge < -0.3 is 10.1 Å². The summed E-state index contributed by atoms with van der Waals surface area (Å²) >= 11 is 0. The van der Waals surface area contributed by atoms with Gasteiger partial charge in [-0.25, -0.2) is 0 Å². The molecule has 0 aliphatic carbocycles. The molecule has 1 aromatic heterocycles. The van der Waals surface area contributed by atoms with Gasteiger partial charge in [0.15, 0.2) is 0 Å². The second-order valence-corrected chi connectivity index (χ2v) is 6.03. The number of nitrogens with zero attached hydrogens (tertiary/aromatic N) is 2. The second-order valence-electron chi connectivity index (χ2n) is 6.03. The van der Waals surface area contributed by atoms with Crippen molar-refractivity contribution < 1.29 is 17.9 Å². The number of rotatable bonds is 4. The fourth-order valence-corrected chi connectivity index (χ4v) is 2.88. The predicted octanol–water partition coefficient (Wildman–Crippen LogP) is 4.34. The maximum Gasteiger partial charge on any atom is 0.432 e. The molecule has 0 spiro atoms. The van der Waals surface area contributed by atoms with E-state index in [-0.39, 0.29) is 12.2 Å². The molecule has 0 radical (unpaired) electrons. The molecule has 1 aliphatic heterocycles. The van der Waals surface area contributed by atoms with Crippen molar-refractivity contribution in [2.45, 2.75) is 25.2 Å². The number of hydrogen-bond donors (Lipinski definition) is 1. The fourth-order valence-electron chi connectivity index (χ4n) is 2.88. The number of hydrogen-bond acceptors (Lipinski definition) is 4. The van der Waals surface area contributed by atoms with Crippen LogP contribution < -0.4 is 5.32 Å². The summed E-state index contributed by atoms with van der Waals surface area (Å²) in [5, 5.41) is 11.7. The molecule has 1 unspecified atom stereocenters. The van der Waals surface area contributed by atoms with E-state index in [0.717, 1.165) is 0 Å². The van der Waals surface area contributed by atoms with Gasteiger partial charge in [0.1, 0.15) is 18.4 Å². The molecular weight excluding hydrogens is 355 g/mol. The highest BCUT2D eigenvalue weighted by Crippen LogP contribution is 2.43. The van der Waals surface area contributed by atoms with Crippen molar-refractivity contribution in [1.82, 2.24) is 10.3 Å². The molecule has 0 saturated heterocycles. The van der Waals surface area contributed by atoms with Gasteiger partial charge in [-0.15, -0.1) is 0 Å². The van der Waals surface area contributed by atoms with Crippen LogP contribution in [-0.4, -0.2) is 16.7 Å². The number of nitrogens with one attached hydrogen (secondary N) is 1. The Labute approximate surface area is 154 Å². The summed E-state index contributed by atoms with van der Waals surface area (Å²) < 4.78 is 47.1. The number of halogens is 3. The largest absolute Gasteiger partial charge is 0.489 e. The van der Waals surface area contributed by atoms with Gasteiger partial charge in [0, 0.05) is 35.3 Å². The minimum Gasteiger partial charge on any atom is -0.489 e. The van der Waals surface area contributed by atoms with Crippen LogP contribution in [0.5, 0.6) is 0 Å². The molecule has 138 valence electrons. The Morgan fingerprint density at radius 2 is 1.93 bits per heavy atom. The molecular formula is C20H16F3N3O. The standard InChI is InChI=1S/C20H16F3N3O/c1-14-17(16-8-5-9-25-10-16)11-26-19(13-24,20(21,22)23)18(14)27-12-15-6-3-2-4-7-15/h2-11,26H,12H2,1H3. The Morgan fingerprint density at radius 3 is 2.52 bits per heavy atom. The van der Waals surface area contributed by atoms with E-state index in [1.807, 2.05) is 0 Å². The molecule has 0 bridgehead atoms. The number of ether oxygens (including phenoxy) is 1. The third-order valence-electron chi connectivity index (χ3n) is 4.31. The van der Waals surface area contributed by atoms with Crippen molar-refractivity contribution in [3.05, 3.63) is 83.5 Å². The molecule has 7 heteroatoms. The van der Waals surface area contributed by atoms with E-state index >= 15 is 0 Å². The second kappa shape index (κ2) is 7.16. The molecule has 0 saturated carbocycles. The Kier molecular flexibility index (Phi) is 4.91. The molecule has 0 fully saturated rings. The van der Waals surface area contributed by atoms with Gasteiger partial charge in [0.25, 0.3) is 5.54 Å². The molecule has 0 amide bonds. The highest BCUT2D eigenvalue weighted by molar-refractivity contribution is 5.80. The van der Waals surface area contributed by atoms with Crippen molar-refractivity contribution in [1.29, 1.82) is 5.26 Å². The van der Waals surface area contributed by atoms with Crippen molar-refractivity contribution in [2.75, 3.05) is 0 Å². The smallest absolute Gasteiger partial charge is 0.432 e. The van der Waals surface area contributed by atoms with E-state index in [2.05, 4.69) is 10.3 Å². The van der Waals surface area contributed by atoms with Crippen molar-refractivity contribution in [3.8, 4) is 6.07 Å². The van der Waals surface area contributed by atoms with E-state index < -0.39 is 17.5 Å². The summed E-state index contributed by atoms with van der Waals surface area (Å²) in [7, 11) is 0. The maximum absolute atomic E-state index is 13.8. The van der Waals surface area contributed by atoms with Crippen LogP contribution in [0.3, 0.4) is 0 Å². The Morgan fingerprint density at radius 1 is 1.19 bits per heavy atom. The van der Waals surface area contributed by atoms with Crippen LogP contribution in [0.4, 0.5) is 13.2 Å². The lowest BCUT2D eigenvalue weighted by molar-refractivity contribution is -0.176. The first kappa shape index (κ1) is 18.5. The van der Waals surface area contributed by atoms with E-state index in [1.54, 1.807) is 54.9 Å². The summed E-state index contributed by atoms with van der Waals surface area (Å²) in [6.07, 6.45) is -0.565. The highest BCUT2D eigenvalue weighted by Gasteiger charge is 2.61. The minimum atomic E-state index is -4.87. The van der Waals surface area contributed by atoms with Crippen LogP contribution in [-0.2, 0) is 11.3 Å². The van der Waals surface area contributed by atoms with Gasteiger partial charge in [-0.3, -0.25) is 4.98 Å². The highest BCUT2D eigenvalue weighted by atomic mass is 19.4. The average molecular weight is 371 g/mol. The lowest BCUT2D eigenvalue weighted by atomic mass is 9.86. The van der Waals surface area contributed by atoms with E-state index in [4.69, 9.17) is 4.74 Å². The fraction of sp³-hybridized carbons (Fsp3) is 0.200. The Bertz CT molecular complexity index is 915. The van der Waals surface area contributed by atoms with Crippen molar-refractivity contribution in [3.63, 3.8) is 0 Å². The summed E-state index contributed by atoms with van der Waals surface area (Å²) in [4.78, 5) is 4.00. The normalized spacial score (nSPS) is 19.7. The first-order valence-corrected chi connectivity index (χ1v) is 8.14. The maximum atomic E-state index is 13.8. The van der Waals surface area contributed by atoms with Crippen molar-refractivity contribution >= 4 is 5.57 Å². The quantitative estimate of drug-likeness (QED) is 0.869. The van der Waals surface area contributed by atoms with Crippen LogP contribution in [0, 0.1) is 11.3 Å². The van der Waals surface area contributed by atoms with E-state index in [9.17, 15) is 18.4 Å². The van der Waals surface area contributed by atoms with E-state index in [0.29, 0.717) is 16.7 Å². The van der Waals surface area contributed by atoms with Gasteiger partial charge in [0.05, 0.1) is 0 Å². The van der Waals surface area contributed by atoms with Gasteiger partial charge in [0.2, 0.25) is 0 Å². The van der Waals surface area contributed by atoms with Crippen LogP contribution >= 0.6 is 0 Å². The third-order valence-corrected chi connectivity index (χ3v) is 4.31. The monoisotopic (exact) mass is 371 g/mol. The zero-order valence-electron chi connectivity index (χ0n) is 14.4. The number of alkyl halides is 3. The molecule has 1 atom stereocenters. The SMILES string of the molecule is CC1=C(OCc2ccccc2)C(C#N)(C(F)(F)F)NC=C1c1cccnc1. The lowest BCUT2D eigenvalue weighted by Crippen LogP contribution is -2.57. The first-order chi connectivity index (χ1) is 12.9. The van der Waals surface area contributed by atoms with Crippen LogP contribution in [0.1, 0.15) is 18.1 Å². The minimum absolute atomic E-state index is 0.0883. The molecule has 1 aromatic carbocycles. The van der Waals surface area contributed by atoms with Gasteiger partial charge in [-0.05, 0) is 18.6 Å². The molecule has 1 N–H and O–H groups in total. The Balaban J connectivity index is 2.06. The van der Waals surface area contributed by atoms with Gasteiger partial charge in [-0.1, -0.05) is 36.4 Å². The molecule has 3 rings (SSSR count). The number of dihydropyridines is 1. The van der Waals surface area contributed by atoms with Crippen LogP contribution in [0.25, 0.3) is 5.57 Å². The zero-order valence-corrected chi connectivity index (χ0v) is 14.4. The van der Waals surface area contributed by atoms with Crippen LogP contribution in [0.2, 0.25) is 0 Å². The molecule has 27 heavy (non-hydrogen) atoms. The lowest BCUT2D eigenvalue weighted by Gasteiger charge is -2.36. The van der Waals surface area contributed by atoms with Crippen LogP contribution in [0.15, 0.2) is 72.4 Å². The Hall–Kier alpha value is -3.27. The molecule has 4 nitrogen and oxygen atoms in total. The summed E-state index contributed by atoms with van der Waals surface area (Å²) in [5.41, 5.74) is -0.906. The number of nitriles is 1. The number of pyridine rings is 1. The third kappa shape index (κ3) is 3.38. The first-order valence-electron chi connectivity index (χ1n) is 8.14. The topological polar surface area (TPSA) is 57.9 Å². The van der Waals surface area contributed by atoms with Crippen molar-refractivity contribution in [2.24, 2.45) is 0 Å². The number of aromatic nitrogens is 1. The molecule has 2 aromatic rings. The summed E-state index contributed by atoms with van der Waals surface area (Å²) in [6.45, 7) is 1.42. The van der Waals surface area contributed by atoms with Gasteiger partial charge in [-0.2, -0.15) is 18.4 Å². The predicted molar refractivity (Wildman–Crippen MR) is 93.7 cm³/mol. The summed E-state index contributed by atoms with van der Waals surface area (Å²) in [5.74, 6) is -0.456. The zero-order chi connectivity index (χ0) is 19.5. The summed E-state index contributed by atoms with van der Waals surface area (Å²) in [6, 6.07) is 13.6.